The van der Waals surface area contributed by atoms with E-state index in [9.17, 15) is 14.9 Å². The molecular formula is C18H14N2O3S2. The molecule has 0 bridgehead atoms. The molecule has 0 aliphatic carbocycles. The maximum atomic E-state index is 12.6. The summed E-state index contributed by atoms with van der Waals surface area (Å²) in [7, 11) is 0. The zero-order chi connectivity index (χ0) is 18.0. The summed E-state index contributed by atoms with van der Waals surface area (Å²) < 4.78 is 0.488. The molecular weight excluding hydrogens is 356 g/mol. The summed E-state index contributed by atoms with van der Waals surface area (Å²) >= 11 is 6.53. The molecule has 0 unspecified atom stereocenters. The third kappa shape index (κ3) is 3.78. The summed E-state index contributed by atoms with van der Waals surface area (Å²) in [5.41, 5.74) is 2.22. The summed E-state index contributed by atoms with van der Waals surface area (Å²) in [6.07, 6.45) is 1.65. The lowest BCUT2D eigenvalue weighted by molar-refractivity contribution is -0.385. The zero-order valence-electron chi connectivity index (χ0n) is 13.3. The Balaban J connectivity index is 1.85. The van der Waals surface area contributed by atoms with E-state index in [1.165, 1.54) is 17.8 Å². The molecule has 0 aromatic heterocycles. The zero-order valence-corrected chi connectivity index (χ0v) is 15.0. The molecule has 1 aliphatic heterocycles. The molecule has 1 fully saturated rings. The Morgan fingerprint density at radius 2 is 1.96 bits per heavy atom. The first kappa shape index (κ1) is 17.3. The van der Waals surface area contributed by atoms with Crippen molar-refractivity contribution in [3.8, 4) is 0 Å². The largest absolute Gasteiger partial charge is 0.288 e. The molecule has 25 heavy (non-hydrogen) atoms. The highest BCUT2D eigenvalue weighted by Crippen LogP contribution is 2.34. The minimum Gasteiger partial charge on any atom is -0.288 e. The van der Waals surface area contributed by atoms with E-state index in [1.807, 2.05) is 30.3 Å². The van der Waals surface area contributed by atoms with E-state index in [4.69, 9.17) is 12.2 Å². The van der Waals surface area contributed by atoms with Crippen molar-refractivity contribution in [1.29, 1.82) is 0 Å². The van der Waals surface area contributed by atoms with E-state index >= 15 is 0 Å². The number of amides is 1. The molecule has 1 aliphatic rings. The van der Waals surface area contributed by atoms with Crippen molar-refractivity contribution in [3.05, 3.63) is 80.2 Å². The molecule has 1 saturated heterocycles. The van der Waals surface area contributed by atoms with Crippen molar-refractivity contribution >= 4 is 46.0 Å². The molecule has 126 valence electrons. The summed E-state index contributed by atoms with van der Waals surface area (Å²) in [5, 5.41) is 11.1. The normalized spacial score (nSPS) is 15.9. The number of nitro groups is 1. The molecule has 1 amide bonds. The molecule has 0 saturated carbocycles. The number of hydrogen-bond donors (Lipinski definition) is 0. The minimum atomic E-state index is -0.423. The van der Waals surface area contributed by atoms with Crippen LogP contribution >= 0.6 is 24.0 Å². The number of nitrogens with zero attached hydrogens (tertiary/aromatic N) is 2. The molecule has 0 radical (unpaired) electrons. The van der Waals surface area contributed by atoms with Crippen LogP contribution in [-0.4, -0.2) is 20.1 Å². The number of thiocarbonyl (C=S) groups is 1. The van der Waals surface area contributed by atoms with Gasteiger partial charge < -0.3 is 0 Å². The summed E-state index contributed by atoms with van der Waals surface area (Å²) in [6.45, 7) is 2.10. The van der Waals surface area contributed by atoms with Gasteiger partial charge in [0.2, 0.25) is 0 Å². The van der Waals surface area contributed by atoms with Crippen molar-refractivity contribution < 1.29 is 9.72 Å². The lowest BCUT2D eigenvalue weighted by atomic mass is 10.1. The highest BCUT2D eigenvalue weighted by molar-refractivity contribution is 8.26. The van der Waals surface area contributed by atoms with E-state index in [0.717, 1.165) is 5.56 Å². The molecule has 7 heteroatoms. The molecule has 0 N–H and O–H groups in total. The van der Waals surface area contributed by atoms with Crippen LogP contribution in [0.4, 0.5) is 5.69 Å². The fraction of sp³-hybridized carbons (Fsp3) is 0.111. The van der Waals surface area contributed by atoms with E-state index in [-0.39, 0.29) is 11.6 Å². The Morgan fingerprint density at radius 3 is 2.64 bits per heavy atom. The van der Waals surface area contributed by atoms with Gasteiger partial charge in [0, 0.05) is 11.6 Å². The minimum absolute atomic E-state index is 0.0357. The van der Waals surface area contributed by atoms with Crippen LogP contribution in [0.25, 0.3) is 6.08 Å². The van der Waals surface area contributed by atoms with Crippen LogP contribution in [0.1, 0.15) is 16.7 Å². The molecule has 0 atom stereocenters. The molecule has 3 rings (SSSR count). The summed E-state index contributed by atoms with van der Waals surface area (Å²) in [5.74, 6) is -0.179. The van der Waals surface area contributed by atoms with Crippen molar-refractivity contribution in [2.45, 2.75) is 13.5 Å². The average Bonchev–Trinajstić information content (AvgIpc) is 2.85. The Hall–Kier alpha value is -2.51. The van der Waals surface area contributed by atoms with Crippen LogP contribution < -0.4 is 0 Å². The van der Waals surface area contributed by atoms with Crippen molar-refractivity contribution in [2.75, 3.05) is 0 Å². The fourth-order valence-electron chi connectivity index (χ4n) is 2.47. The smallest absolute Gasteiger partial charge is 0.272 e. The standard InChI is InChI=1S/C18H14N2O3S2/c1-12-7-8-14(9-15(12)20(22)23)10-16-17(21)19(18(24)25-16)11-13-5-3-2-4-6-13/h2-10H,11H2,1H3/b16-10-. The van der Waals surface area contributed by atoms with E-state index in [2.05, 4.69) is 0 Å². The third-order valence-electron chi connectivity index (χ3n) is 3.78. The Labute approximate surface area is 154 Å². The van der Waals surface area contributed by atoms with Gasteiger partial charge in [-0.25, -0.2) is 0 Å². The number of thioether (sulfide) groups is 1. The van der Waals surface area contributed by atoms with E-state index < -0.39 is 4.92 Å². The number of carbonyl (C=O) groups is 1. The maximum absolute atomic E-state index is 12.6. The van der Waals surface area contributed by atoms with Crippen LogP contribution in [-0.2, 0) is 11.3 Å². The van der Waals surface area contributed by atoms with Crippen LogP contribution in [0.2, 0.25) is 0 Å². The Bertz CT molecular complexity index is 894. The van der Waals surface area contributed by atoms with E-state index in [0.29, 0.717) is 26.9 Å². The van der Waals surface area contributed by atoms with Crippen LogP contribution in [0.15, 0.2) is 53.4 Å². The monoisotopic (exact) mass is 370 g/mol. The number of hydrogen-bond acceptors (Lipinski definition) is 5. The third-order valence-corrected chi connectivity index (χ3v) is 5.16. The van der Waals surface area contributed by atoms with Gasteiger partial charge in [-0.3, -0.25) is 19.8 Å². The fourth-order valence-corrected chi connectivity index (χ4v) is 3.72. The predicted molar refractivity (Wildman–Crippen MR) is 103 cm³/mol. The van der Waals surface area contributed by atoms with Crippen LogP contribution in [0.5, 0.6) is 0 Å². The van der Waals surface area contributed by atoms with Gasteiger partial charge in [0.1, 0.15) is 4.32 Å². The number of nitro benzene ring substituents is 1. The number of aryl methyl sites for hydroxylation is 1. The summed E-state index contributed by atoms with van der Waals surface area (Å²) in [6, 6.07) is 14.5. The SMILES string of the molecule is Cc1ccc(/C=C2\SC(=S)N(Cc3ccccc3)C2=O)cc1[N+](=O)[O-]. The Morgan fingerprint density at radius 1 is 1.24 bits per heavy atom. The first-order chi connectivity index (χ1) is 12.0. The van der Waals surface area contributed by atoms with Gasteiger partial charge in [0.05, 0.1) is 16.4 Å². The second-order valence-corrected chi connectivity index (χ2v) is 7.23. The number of benzene rings is 2. The Kier molecular flexibility index (Phi) is 4.96. The second kappa shape index (κ2) is 7.16. The van der Waals surface area contributed by atoms with Crippen molar-refractivity contribution in [3.63, 3.8) is 0 Å². The van der Waals surface area contributed by atoms with Gasteiger partial charge in [0.15, 0.2) is 0 Å². The second-order valence-electron chi connectivity index (χ2n) is 5.56. The lowest BCUT2D eigenvalue weighted by Crippen LogP contribution is -2.27. The van der Waals surface area contributed by atoms with Gasteiger partial charge in [-0.05, 0) is 24.1 Å². The molecule has 2 aromatic rings. The quantitative estimate of drug-likeness (QED) is 0.347. The lowest BCUT2D eigenvalue weighted by Gasteiger charge is -2.14. The maximum Gasteiger partial charge on any atom is 0.272 e. The van der Waals surface area contributed by atoms with E-state index in [1.54, 1.807) is 30.0 Å². The number of carbonyl (C=O) groups excluding carboxylic acids is 1. The van der Waals surface area contributed by atoms with Crippen LogP contribution in [0.3, 0.4) is 0 Å². The summed E-state index contributed by atoms with van der Waals surface area (Å²) in [4.78, 5) is 25.3. The van der Waals surface area contributed by atoms with Crippen molar-refractivity contribution in [1.82, 2.24) is 4.90 Å². The van der Waals surface area contributed by atoms with Gasteiger partial charge in [-0.15, -0.1) is 0 Å². The van der Waals surface area contributed by atoms with Crippen molar-refractivity contribution in [2.24, 2.45) is 0 Å². The first-order valence-electron chi connectivity index (χ1n) is 7.50. The molecule has 5 nitrogen and oxygen atoms in total. The first-order valence-corrected chi connectivity index (χ1v) is 8.72. The molecule has 1 heterocycles. The number of rotatable bonds is 4. The van der Waals surface area contributed by atoms with Gasteiger partial charge in [-0.2, -0.15) is 0 Å². The highest BCUT2D eigenvalue weighted by atomic mass is 32.2. The molecule has 0 spiro atoms. The highest BCUT2D eigenvalue weighted by Gasteiger charge is 2.32. The molecule has 2 aromatic carbocycles. The van der Waals surface area contributed by atoms with Gasteiger partial charge in [0.25, 0.3) is 11.6 Å². The topological polar surface area (TPSA) is 63.5 Å². The van der Waals surface area contributed by atoms with Crippen LogP contribution in [0, 0.1) is 17.0 Å². The van der Waals surface area contributed by atoms with Gasteiger partial charge in [-0.1, -0.05) is 66.4 Å². The van der Waals surface area contributed by atoms with Gasteiger partial charge >= 0.3 is 0 Å². The average molecular weight is 370 g/mol. The predicted octanol–water partition coefficient (Wildman–Crippen LogP) is 4.30.